The van der Waals surface area contributed by atoms with Gasteiger partial charge in [-0.3, -0.25) is 9.59 Å². The molecule has 88 valence electrons. The minimum absolute atomic E-state index is 0.361. The minimum atomic E-state index is -0.560. The van der Waals surface area contributed by atoms with Crippen LogP contribution in [0.4, 0.5) is 0 Å². The molecule has 0 N–H and O–H groups in total. The molecule has 0 bridgehead atoms. The molecule has 0 radical (unpaired) electrons. The lowest BCUT2D eigenvalue weighted by Gasteiger charge is -2.16. The Morgan fingerprint density at radius 3 is 1.56 bits per heavy atom. The Morgan fingerprint density at radius 1 is 0.875 bits per heavy atom. The first-order valence-corrected chi connectivity index (χ1v) is 5.46. The molecular weight excluding hydrogens is 208 g/mol. The SMILES string of the molecule is CCCOC1=CC(=O)C(=O)C=C1OCCC. The van der Waals surface area contributed by atoms with Gasteiger partial charge in [-0.2, -0.15) is 0 Å². The molecule has 1 aliphatic rings. The Labute approximate surface area is 94.9 Å². The average molecular weight is 224 g/mol. The molecule has 16 heavy (non-hydrogen) atoms. The Bertz CT molecular complexity index is 305. The van der Waals surface area contributed by atoms with E-state index in [-0.39, 0.29) is 0 Å². The Kier molecular flexibility index (Phi) is 4.76. The fourth-order valence-corrected chi connectivity index (χ4v) is 1.17. The maximum atomic E-state index is 11.2. The molecule has 0 saturated carbocycles. The summed E-state index contributed by atoms with van der Waals surface area (Å²) < 4.78 is 10.7. The second-order valence-electron chi connectivity index (χ2n) is 3.44. The van der Waals surface area contributed by atoms with Crippen LogP contribution in [0.5, 0.6) is 0 Å². The van der Waals surface area contributed by atoms with Gasteiger partial charge in [0.25, 0.3) is 0 Å². The van der Waals surface area contributed by atoms with E-state index in [0.29, 0.717) is 24.7 Å². The number of ether oxygens (including phenoxy) is 2. The molecule has 1 aliphatic carbocycles. The smallest absolute Gasteiger partial charge is 0.229 e. The van der Waals surface area contributed by atoms with E-state index in [1.807, 2.05) is 13.8 Å². The summed E-state index contributed by atoms with van der Waals surface area (Å²) in [6, 6.07) is 0. The summed E-state index contributed by atoms with van der Waals surface area (Å²) in [5, 5.41) is 0. The van der Waals surface area contributed by atoms with Gasteiger partial charge in [-0.1, -0.05) is 13.8 Å². The molecule has 0 spiro atoms. The molecule has 0 unspecified atom stereocenters. The second kappa shape index (κ2) is 6.10. The van der Waals surface area contributed by atoms with Crippen LogP contribution in [0.1, 0.15) is 26.7 Å². The third-order valence-corrected chi connectivity index (χ3v) is 1.93. The molecule has 4 heteroatoms. The number of rotatable bonds is 6. The molecular formula is C12H16O4. The quantitative estimate of drug-likeness (QED) is 0.509. The number of carbonyl (C=O) groups excluding carboxylic acids is 2. The Hall–Kier alpha value is -1.58. The van der Waals surface area contributed by atoms with Crippen molar-refractivity contribution in [3.63, 3.8) is 0 Å². The van der Waals surface area contributed by atoms with Crippen molar-refractivity contribution < 1.29 is 19.1 Å². The van der Waals surface area contributed by atoms with E-state index in [9.17, 15) is 9.59 Å². The number of hydrogen-bond donors (Lipinski definition) is 0. The molecule has 0 aromatic rings. The van der Waals surface area contributed by atoms with Crippen LogP contribution in [-0.2, 0) is 19.1 Å². The van der Waals surface area contributed by atoms with Gasteiger partial charge in [-0.15, -0.1) is 0 Å². The van der Waals surface area contributed by atoms with Crippen LogP contribution in [0, 0.1) is 0 Å². The van der Waals surface area contributed by atoms with Gasteiger partial charge in [0.2, 0.25) is 11.6 Å². The van der Waals surface area contributed by atoms with Gasteiger partial charge < -0.3 is 9.47 Å². The van der Waals surface area contributed by atoms with E-state index < -0.39 is 11.6 Å². The summed E-state index contributed by atoms with van der Waals surface area (Å²) in [7, 11) is 0. The molecule has 0 saturated heterocycles. The molecule has 1 rings (SSSR count). The van der Waals surface area contributed by atoms with Gasteiger partial charge in [0.05, 0.1) is 13.2 Å². The van der Waals surface area contributed by atoms with Crippen molar-refractivity contribution >= 4 is 11.6 Å². The van der Waals surface area contributed by atoms with Gasteiger partial charge >= 0.3 is 0 Å². The van der Waals surface area contributed by atoms with Gasteiger partial charge in [-0.25, -0.2) is 0 Å². The summed E-state index contributed by atoms with van der Waals surface area (Å²) in [6.07, 6.45) is 4.06. The number of ketones is 2. The summed E-state index contributed by atoms with van der Waals surface area (Å²) in [5.41, 5.74) is 0. The second-order valence-corrected chi connectivity index (χ2v) is 3.44. The zero-order valence-electron chi connectivity index (χ0n) is 9.62. The minimum Gasteiger partial charge on any atom is -0.490 e. The van der Waals surface area contributed by atoms with Crippen LogP contribution < -0.4 is 0 Å². The molecule has 0 aromatic carbocycles. The molecule has 0 aliphatic heterocycles. The lowest BCUT2D eigenvalue weighted by molar-refractivity contribution is -0.131. The zero-order valence-corrected chi connectivity index (χ0v) is 9.62. The van der Waals surface area contributed by atoms with E-state index in [1.54, 1.807) is 0 Å². The van der Waals surface area contributed by atoms with Crippen LogP contribution in [0.3, 0.4) is 0 Å². The van der Waals surface area contributed by atoms with E-state index in [1.165, 1.54) is 12.2 Å². The van der Waals surface area contributed by atoms with Crippen LogP contribution >= 0.6 is 0 Å². The van der Waals surface area contributed by atoms with Crippen molar-refractivity contribution in [2.45, 2.75) is 26.7 Å². The molecule has 4 nitrogen and oxygen atoms in total. The largest absolute Gasteiger partial charge is 0.490 e. The summed E-state index contributed by atoms with van der Waals surface area (Å²) in [6.45, 7) is 4.93. The Morgan fingerprint density at radius 2 is 1.25 bits per heavy atom. The van der Waals surface area contributed by atoms with Crippen molar-refractivity contribution in [2.24, 2.45) is 0 Å². The predicted molar refractivity (Wildman–Crippen MR) is 58.7 cm³/mol. The highest BCUT2D eigenvalue weighted by Gasteiger charge is 2.22. The maximum absolute atomic E-state index is 11.2. The van der Waals surface area contributed by atoms with E-state index in [2.05, 4.69) is 0 Å². The summed E-state index contributed by atoms with van der Waals surface area (Å²) in [5.74, 6) is -0.398. The van der Waals surface area contributed by atoms with Gasteiger partial charge in [0, 0.05) is 12.2 Å². The number of carbonyl (C=O) groups is 2. The molecule has 0 amide bonds. The lowest BCUT2D eigenvalue weighted by Crippen LogP contribution is -2.18. The van der Waals surface area contributed by atoms with Crippen molar-refractivity contribution in [3.05, 3.63) is 23.7 Å². The molecule has 0 heterocycles. The normalized spacial score (nSPS) is 15.6. The van der Waals surface area contributed by atoms with Crippen molar-refractivity contribution in [2.75, 3.05) is 13.2 Å². The summed E-state index contributed by atoms with van der Waals surface area (Å²) >= 11 is 0. The van der Waals surface area contributed by atoms with Crippen LogP contribution in [0.25, 0.3) is 0 Å². The fourth-order valence-electron chi connectivity index (χ4n) is 1.17. The fraction of sp³-hybridized carbons (Fsp3) is 0.500. The van der Waals surface area contributed by atoms with Crippen molar-refractivity contribution in [3.8, 4) is 0 Å². The molecule has 0 aromatic heterocycles. The summed E-state index contributed by atoms with van der Waals surface area (Å²) in [4.78, 5) is 22.4. The number of hydrogen-bond acceptors (Lipinski definition) is 4. The Balaban J connectivity index is 2.74. The first-order chi connectivity index (χ1) is 7.69. The van der Waals surface area contributed by atoms with Crippen LogP contribution in [0.2, 0.25) is 0 Å². The lowest BCUT2D eigenvalue weighted by atomic mass is 10.1. The number of allylic oxidation sites excluding steroid dienone is 2. The van der Waals surface area contributed by atoms with E-state index >= 15 is 0 Å². The van der Waals surface area contributed by atoms with Crippen LogP contribution in [0.15, 0.2) is 23.7 Å². The standard InChI is InChI=1S/C12H16O4/c1-3-5-15-11-7-9(13)10(14)8-12(11)16-6-4-2/h7-8H,3-6H2,1-2H3. The van der Waals surface area contributed by atoms with E-state index in [0.717, 1.165) is 12.8 Å². The zero-order chi connectivity index (χ0) is 12.0. The van der Waals surface area contributed by atoms with Crippen molar-refractivity contribution in [1.29, 1.82) is 0 Å². The third-order valence-electron chi connectivity index (χ3n) is 1.93. The van der Waals surface area contributed by atoms with E-state index in [4.69, 9.17) is 9.47 Å². The topological polar surface area (TPSA) is 52.6 Å². The first kappa shape index (κ1) is 12.5. The van der Waals surface area contributed by atoms with Crippen molar-refractivity contribution in [1.82, 2.24) is 0 Å². The monoisotopic (exact) mass is 224 g/mol. The molecule has 0 atom stereocenters. The maximum Gasteiger partial charge on any atom is 0.229 e. The van der Waals surface area contributed by atoms with Crippen LogP contribution in [-0.4, -0.2) is 24.8 Å². The third kappa shape index (κ3) is 3.22. The highest BCUT2D eigenvalue weighted by atomic mass is 16.5. The first-order valence-electron chi connectivity index (χ1n) is 5.46. The van der Waals surface area contributed by atoms with Gasteiger partial charge in [-0.05, 0) is 12.8 Å². The average Bonchev–Trinajstić information content (AvgIpc) is 2.28. The highest BCUT2D eigenvalue weighted by Crippen LogP contribution is 2.18. The predicted octanol–water partition coefficient (Wildman–Crippen LogP) is 1.76. The van der Waals surface area contributed by atoms with Gasteiger partial charge in [0.15, 0.2) is 11.5 Å². The van der Waals surface area contributed by atoms with Gasteiger partial charge in [0.1, 0.15) is 0 Å². The molecule has 0 fully saturated rings. The highest BCUT2D eigenvalue weighted by molar-refractivity contribution is 6.46.